The third kappa shape index (κ3) is 6.27. The fourth-order valence-electron chi connectivity index (χ4n) is 1.38. The average molecular weight is 210 g/mol. The van der Waals surface area contributed by atoms with Gasteiger partial charge in [-0.05, 0) is 32.9 Å². The van der Waals surface area contributed by atoms with E-state index < -0.39 is 0 Å². The van der Waals surface area contributed by atoms with Crippen LogP contribution >= 0.6 is 12.4 Å². The topological polar surface area (TPSA) is 30.5 Å². The highest BCUT2D eigenvalue weighted by atomic mass is 35.5. The summed E-state index contributed by atoms with van der Waals surface area (Å²) in [7, 11) is 0. The number of ether oxygens (including phenoxy) is 2. The second-order valence-electron chi connectivity index (χ2n) is 3.02. The molecule has 0 saturated carbocycles. The summed E-state index contributed by atoms with van der Waals surface area (Å²) in [5.41, 5.74) is 0. The zero-order valence-electron chi connectivity index (χ0n) is 8.25. The van der Waals surface area contributed by atoms with Crippen molar-refractivity contribution in [1.82, 2.24) is 5.32 Å². The molecule has 0 atom stereocenters. The first-order valence-corrected chi connectivity index (χ1v) is 4.83. The van der Waals surface area contributed by atoms with Gasteiger partial charge in [-0.2, -0.15) is 0 Å². The monoisotopic (exact) mass is 209 g/mol. The molecule has 0 amide bonds. The summed E-state index contributed by atoms with van der Waals surface area (Å²) in [6, 6.07) is 0. The molecule has 4 heteroatoms. The van der Waals surface area contributed by atoms with E-state index in [0.29, 0.717) is 6.10 Å². The normalized spacial score (nSPS) is 18.2. The number of nitrogens with one attached hydrogen (secondary N) is 1. The minimum absolute atomic E-state index is 0. The van der Waals surface area contributed by atoms with Gasteiger partial charge in [-0.25, -0.2) is 0 Å². The Kier molecular flexibility index (Phi) is 8.87. The highest BCUT2D eigenvalue weighted by molar-refractivity contribution is 5.85. The molecule has 80 valence electrons. The van der Waals surface area contributed by atoms with Crippen LogP contribution < -0.4 is 5.32 Å². The van der Waals surface area contributed by atoms with Crippen molar-refractivity contribution in [3.05, 3.63) is 0 Å². The van der Waals surface area contributed by atoms with Crippen LogP contribution in [-0.2, 0) is 9.47 Å². The van der Waals surface area contributed by atoms with E-state index in [4.69, 9.17) is 9.47 Å². The van der Waals surface area contributed by atoms with Crippen LogP contribution in [0.3, 0.4) is 0 Å². The first-order valence-electron chi connectivity index (χ1n) is 4.83. The molecular formula is C9H20ClNO2. The zero-order valence-corrected chi connectivity index (χ0v) is 9.07. The van der Waals surface area contributed by atoms with Crippen LogP contribution in [0.2, 0.25) is 0 Å². The summed E-state index contributed by atoms with van der Waals surface area (Å²) in [6.45, 7) is 6.47. The molecular weight excluding hydrogens is 190 g/mol. The summed E-state index contributed by atoms with van der Waals surface area (Å²) in [4.78, 5) is 0. The molecule has 0 aromatic heterocycles. The average Bonchev–Trinajstić information content (AvgIpc) is 2.14. The lowest BCUT2D eigenvalue weighted by Crippen LogP contribution is -2.33. The second-order valence-corrected chi connectivity index (χ2v) is 3.02. The molecule has 0 aliphatic carbocycles. The standard InChI is InChI=1S/C9H19NO2.ClH/c1-2-11-7-8-12-9-3-5-10-6-4-9;/h9-10H,2-8H2,1H3;1H. The van der Waals surface area contributed by atoms with E-state index in [0.717, 1.165) is 45.8 Å². The van der Waals surface area contributed by atoms with Crippen molar-refractivity contribution in [3.63, 3.8) is 0 Å². The fraction of sp³-hybridized carbons (Fsp3) is 1.00. The molecule has 1 N–H and O–H groups in total. The Balaban J connectivity index is 0.00000144. The molecule has 1 aliphatic heterocycles. The van der Waals surface area contributed by atoms with E-state index >= 15 is 0 Å². The number of piperidine rings is 1. The number of halogens is 1. The molecule has 1 fully saturated rings. The van der Waals surface area contributed by atoms with Gasteiger partial charge in [0.2, 0.25) is 0 Å². The smallest absolute Gasteiger partial charge is 0.0704 e. The summed E-state index contributed by atoms with van der Waals surface area (Å²) < 4.78 is 10.8. The van der Waals surface area contributed by atoms with E-state index in [-0.39, 0.29) is 12.4 Å². The number of hydrogen-bond donors (Lipinski definition) is 1. The molecule has 0 unspecified atom stereocenters. The maximum atomic E-state index is 5.62. The van der Waals surface area contributed by atoms with E-state index in [1.54, 1.807) is 0 Å². The van der Waals surface area contributed by atoms with E-state index in [2.05, 4.69) is 5.32 Å². The van der Waals surface area contributed by atoms with Crippen LogP contribution in [0.5, 0.6) is 0 Å². The van der Waals surface area contributed by atoms with Crippen LogP contribution in [0.1, 0.15) is 19.8 Å². The molecule has 0 bridgehead atoms. The van der Waals surface area contributed by atoms with Crippen molar-refractivity contribution in [2.24, 2.45) is 0 Å². The first kappa shape index (κ1) is 13.2. The molecule has 1 saturated heterocycles. The third-order valence-electron chi connectivity index (χ3n) is 2.07. The largest absolute Gasteiger partial charge is 0.379 e. The Labute approximate surface area is 86.6 Å². The summed E-state index contributed by atoms with van der Waals surface area (Å²) >= 11 is 0. The maximum absolute atomic E-state index is 5.62. The van der Waals surface area contributed by atoms with E-state index in [1.807, 2.05) is 6.92 Å². The highest BCUT2D eigenvalue weighted by Crippen LogP contribution is 2.06. The van der Waals surface area contributed by atoms with E-state index in [9.17, 15) is 0 Å². The Bertz CT molecular complexity index is 108. The maximum Gasteiger partial charge on any atom is 0.0704 e. The predicted molar refractivity (Wildman–Crippen MR) is 55.6 cm³/mol. The minimum atomic E-state index is 0. The Morgan fingerprint density at radius 3 is 2.54 bits per heavy atom. The van der Waals surface area contributed by atoms with Crippen molar-refractivity contribution in [1.29, 1.82) is 0 Å². The van der Waals surface area contributed by atoms with Gasteiger partial charge in [-0.1, -0.05) is 0 Å². The molecule has 13 heavy (non-hydrogen) atoms. The van der Waals surface area contributed by atoms with Gasteiger partial charge in [0, 0.05) is 6.61 Å². The Morgan fingerprint density at radius 2 is 1.92 bits per heavy atom. The van der Waals surface area contributed by atoms with Gasteiger partial charge >= 0.3 is 0 Å². The lowest BCUT2D eigenvalue weighted by molar-refractivity contribution is -0.00486. The molecule has 3 nitrogen and oxygen atoms in total. The first-order chi connectivity index (χ1) is 5.93. The lowest BCUT2D eigenvalue weighted by atomic mass is 10.1. The number of hydrogen-bond acceptors (Lipinski definition) is 3. The van der Waals surface area contributed by atoms with Crippen LogP contribution in [0.4, 0.5) is 0 Å². The lowest BCUT2D eigenvalue weighted by Gasteiger charge is -2.22. The van der Waals surface area contributed by atoms with Crippen molar-refractivity contribution in [3.8, 4) is 0 Å². The van der Waals surface area contributed by atoms with Crippen LogP contribution in [0, 0.1) is 0 Å². The molecule has 0 spiro atoms. The van der Waals surface area contributed by atoms with Crippen LogP contribution in [0.15, 0.2) is 0 Å². The molecule has 0 radical (unpaired) electrons. The molecule has 0 aromatic rings. The van der Waals surface area contributed by atoms with Gasteiger partial charge in [0.25, 0.3) is 0 Å². The highest BCUT2D eigenvalue weighted by Gasteiger charge is 2.12. The number of rotatable bonds is 5. The van der Waals surface area contributed by atoms with Gasteiger partial charge in [-0.15, -0.1) is 12.4 Å². The summed E-state index contributed by atoms with van der Waals surface area (Å²) in [6.07, 6.45) is 2.75. The minimum Gasteiger partial charge on any atom is -0.379 e. The molecule has 1 rings (SSSR count). The van der Waals surface area contributed by atoms with Gasteiger partial charge in [0.1, 0.15) is 0 Å². The summed E-state index contributed by atoms with van der Waals surface area (Å²) in [5, 5.41) is 3.31. The van der Waals surface area contributed by atoms with Gasteiger partial charge < -0.3 is 14.8 Å². The Morgan fingerprint density at radius 1 is 1.23 bits per heavy atom. The zero-order chi connectivity index (χ0) is 8.65. The third-order valence-corrected chi connectivity index (χ3v) is 2.07. The van der Waals surface area contributed by atoms with Crippen molar-refractivity contribution in [2.75, 3.05) is 32.9 Å². The van der Waals surface area contributed by atoms with Crippen LogP contribution in [-0.4, -0.2) is 39.0 Å². The Hall–Kier alpha value is 0.170. The second kappa shape index (κ2) is 8.75. The summed E-state index contributed by atoms with van der Waals surface area (Å²) in [5.74, 6) is 0. The van der Waals surface area contributed by atoms with Crippen molar-refractivity contribution >= 4 is 12.4 Å². The van der Waals surface area contributed by atoms with Gasteiger partial charge in [0.05, 0.1) is 19.3 Å². The molecule has 1 heterocycles. The molecule has 0 aromatic carbocycles. The van der Waals surface area contributed by atoms with Crippen molar-refractivity contribution < 1.29 is 9.47 Å². The van der Waals surface area contributed by atoms with Gasteiger partial charge in [0.15, 0.2) is 0 Å². The fourth-order valence-corrected chi connectivity index (χ4v) is 1.38. The van der Waals surface area contributed by atoms with E-state index in [1.165, 1.54) is 0 Å². The predicted octanol–water partition coefficient (Wildman–Crippen LogP) is 1.21. The molecule has 1 aliphatic rings. The van der Waals surface area contributed by atoms with Crippen molar-refractivity contribution in [2.45, 2.75) is 25.9 Å². The van der Waals surface area contributed by atoms with Gasteiger partial charge in [-0.3, -0.25) is 0 Å². The SMILES string of the molecule is CCOCCOC1CCNCC1.Cl. The quantitative estimate of drug-likeness (QED) is 0.691. The van der Waals surface area contributed by atoms with Crippen LogP contribution in [0.25, 0.3) is 0 Å².